The van der Waals surface area contributed by atoms with E-state index in [2.05, 4.69) is 11.8 Å². The Kier molecular flexibility index (Phi) is 3.12. The molecule has 68 valence electrons. The monoisotopic (exact) mass is 204 g/mol. The van der Waals surface area contributed by atoms with Gasteiger partial charge in [-0.3, -0.25) is 4.79 Å². The van der Waals surface area contributed by atoms with Crippen molar-refractivity contribution in [2.24, 2.45) is 5.73 Å². The molecule has 1 aromatic carbocycles. The summed E-state index contributed by atoms with van der Waals surface area (Å²) in [5.41, 5.74) is 5.69. The molecule has 0 fully saturated rings. The molecule has 1 aromatic rings. The standard InChI is InChI=1S/C10H5ClN2O/c11-9-3-1-7(2-4-10(13)14)5-8(9)6-12/h1,3,5H,(H2,13,14). The van der Waals surface area contributed by atoms with E-state index in [-0.39, 0.29) is 0 Å². The lowest BCUT2D eigenvalue weighted by atomic mass is 10.1. The van der Waals surface area contributed by atoms with Gasteiger partial charge in [-0.15, -0.1) is 0 Å². The van der Waals surface area contributed by atoms with Gasteiger partial charge < -0.3 is 5.73 Å². The fraction of sp³-hybridized carbons (Fsp3) is 0. The lowest BCUT2D eigenvalue weighted by Crippen LogP contribution is -2.06. The number of carbonyl (C=O) groups excluding carboxylic acids is 1. The Labute approximate surface area is 86.1 Å². The first-order chi connectivity index (χ1) is 6.63. The second kappa shape index (κ2) is 4.32. The second-order valence-corrected chi connectivity index (χ2v) is 2.83. The summed E-state index contributed by atoms with van der Waals surface area (Å²) in [7, 11) is 0. The molecule has 0 bridgehead atoms. The number of nitrogens with zero attached hydrogens (tertiary/aromatic N) is 1. The molecule has 14 heavy (non-hydrogen) atoms. The Morgan fingerprint density at radius 3 is 2.79 bits per heavy atom. The van der Waals surface area contributed by atoms with Crippen LogP contribution in [-0.2, 0) is 4.79 Å². The maximum atomic E-state index is 10.4. The van der Waals surface area contributed by atoms with Gasteiger partial charge in [0, 0.05) is 5.56 Å². The van der Waals surface area contributed by atoms with Crippen LogP contribution in [0.15, 0.2) is 18.2 Å². The van der Waals surface area contributed by atoms with E-state index >= 15 is 0 Å². The third kappa shape index (κ3) is 2.52. The molecule has 1 amide bonds. The van der Waals surface area contributed by atoms with Crippen LogP contribution in [0.1, 0.15) is 11.1 Å². The summed E-state index contributed by atoms with van der Waals surface area (Å²) in [5.74, 6) is 3.97. The number of nitrogens with two attached hydrogens (primary N) is 1. The van der Waals surface area contributed by atoms with E-state index < -0.39 is 5.91 Å². The highest BCUT2D eigenvalue weighted by molar-refractivity contribution is 6.31. The summed E-state index contributed by atoms with van der Waals surface area (Å²) in [4.78, 5) is 10.4. The number of rotatable bonds is 0. The van der Waals surface area contributed by atoms with Gasteiger partial charge in [-0.2, -0.15) is 5.26 Å². The average Bonchev–Trinajstić information content (AvgIpc) is 2.16. The van der Waals surface area contributed by atoms with Gasteiger partial charge in [0.05, 0.1) is 10.6 Å². The summed E-state index contributed by atoms with van der Waals surface area (Å²) in [5, 5.41) is 9.00. The van der Waals surface area contributed by atoms with Crippen LogP contribution in [0.3, 0.4) is 0 Å². The van der Waals surface area contributed by atoms with Crippen LogP contribution in [0, 0.1) is 23.2 Å². The maximum Gasteiger partial charge on any atom is 0.293 e. The molecule has 0 aliphatic heterocycles. The van der Waals surface area contributed by atoms with Gasteiger partial charge in [-0.1, -0.05) is 17.5 Å². The van der Waals surface area contributed by atoms with Crippen molar-refractivity contribution in [3.63, 3.8) is 0 Å². The molecule has 0 saturated heterocycles. The summed E-state index contributed by atoms with van der Waals surface area (Å²) in [6, 6.07) is 6.56. The predicted molar refractivity (Wildman–Crippen MR) is 52.2 cm³/mol. The van der Waals surface area contributed by atoms with Gasteiger partial charge in [0.25, 0.3) is 5.91 Å². The van der Waals surface area contributed by atoms with Crippen molar-refractivity contribution in [2.75, 3.05) is 0 Å². The van der Waals surface area contributed by atoms with Crippen molar-refractivity contribution in [2.45, 2.75) is 0 Å². The summed E-state index contributed by atoms with van der Waals surface area (Å²) >= 11 is 5.70. The highest BCUT2D eigenvalue weighted by Gasteiger charge is 1.98. The Morgan fingerprint density at radius 2 is 2.21 bits per heavy atom. The Hall–Kier alpha value is -1.97. The lowest BCUT2D eigenvalue weighted by Gasteiger charge is -1.94. The second-order valence-electron chi connectivity index (χ2n) is 2.42. The van der Waals surface area contributed by atoms with Gasteiger partial charge in [-0.05, 0) is 24.1 Å². The normalized spacial score (nSPS) is 8.29. The first-order valence-corrected chi connectivity index (χ1v) is 4.02. The van der Waals surface area contributed by atoms with Crippen LogP contribution in [0.5, 0.6) is 0 Å². The smallest absolute Gasteiger partial charge is 0.293 e. The zero-order chi connectivity index (χ0) is 10.6. The molecule has 1 rings (SSSR count). The molecule has 0 spiro atoms. The van der Waals surface area contributed by atoms with Crippen LogP contribution in [0.2, 0.25) is 5.02 Å². The number of carbonyl (C=O) groups is 1. The number of amides is 1. The molecule has 0 atom stereocenters. The van der Waals surface area contributed by atoms with Crippen molar-refractivity contribution in [1.82, 2.24) is 0 Å². The predicted octanol–water partition coefficient (Wildman–Crippen LogP) is 1.05. The zero-order valence-corrected chi connectivity index (χ0v) is 7.80. The highest BCUT2D eigenvalue weighted by atomic mass is 35.5. The van der Waals surface area contributed by atoms with Crippen LogP contribution < -0.4 is 5.73 Å². The van der Waals surface area contributed by atoms with E-state index in [1.807, 2.05) is 6.07 Å². The Balaban J connectivity index is 3.11. The summed E-state index contributed by atoms with van der Waals surface area (Å²) in [6.45, 7) is 0. The van der Waals surface area contributed by atoms with Crippen molar-refractivity contribution in [1.29, 1.82) is 5.26 Å². The van der Waals surface area contributed by atoms with Crippen molar-refractivity contribution in [3.8, 4) is 17.9 Å². The maximum absolute atomic E-state index is 10.4. The number of halogens is 1. The molecule has 0 unspecified atom stereocenters. The fourth-order valence-corrected chi connectivity index (χ4v) is 0.982. The van der Waals surface area contributed by atoms with Crippen LogP contribution >= 0.6 is 11.6 Å². The molecule has 4 heteroatoms. The van der Waals surface area contributed by atoms with Crippen LogP contribution in [0.25, 0.3) is 0 Å². The third-order valence-electron chi connectivity index (χ3n) is 1.42. The average molecular weight is 205 g/mol. The Morgan fingerprint density at radius 1 is 1.50 bits per heavy atom. The minimum atomic E-state index is -0.710. The molecule has 2 N–H and O–H groups in total. The van der Waals surface area contributed by atoms with E-state index in [1.165, 1.54) is 6.07 Å². The Bertz CT molecular complexity index is 477. The van der Waals surface area contributed by atoms with E-state index in [9.17, 15) is 4.79 Å². The topological polar surface area (TPSA) is 66.9 Å². The van der Waals surface area contributed by atoms with Gasteiger partial charge in [-0.25, -0.2) is 0 Å². The van der Waals surface area contributed by atoms with E-state index in [1.54, 1.807) is 12.1 Å². The van der Waals surface area contributed by atoms with Gasteiger partial charge in [0.15, 0.2) is 0 Å². The minimum Gasteiger partial charge on any atom is -0.359 e. The van der Waals surface area contributed by atoms with Gasteiger partial charge in [0.1, 0.15) is 6.07 Å². The molecule has 0 saturated carbocycles. The fourth-order valence-electron chi connectivity index (χ4n) is 0.822. The molecule has 3 nitrogen and oxygen atoms in total. The molecule has 0 aliphatic rings. The first kappa shape index (κ1) is 10.1. The van der Waals surface area contributed by atoms with Crippen molar-refractivity contribution >= 4 is 17.5 Å². The number of nitriles is 1. The molecule has 0 aliphatic carbocycles. The third-order valence-corrected chi connectivity index (χ3v) is 1.75. The van der Waals surface area contributed by atoms with E-state index in [0.29, 0.717) is 16.1 Å². The van der Waals surface area contributed by atoms with Crippen LogP contribution in [-0.4, -0.2) is 5.91 Å². The molecular weight excluding hydrogens is 200 g/mol. The molecule has 0 heterocycles. The first-order valence-electron chi connectivity index (χ1n) is 3.64. The number of hydrogen-bond acceptors (Lipinski definition) is 2. The lowest BCUT2D eigenvalue weighted by molar-refractivity contribution is -0.112. The highest BCUT2D eigenvalue weighted by Crippen LogP contribution is 2.15. The van der Waals surface area contributed by atoms with E-state index in [0.717, 1.165) is 0 Å². The number of benzene rings is 1. The van der Waals surface area contributed by atoms with Gasteiger partial charge >= 0.3 is 0 Å². The summed E-state index contributed by atoms with van der Waals surface area (Å²) in [6.07, 6.45) is 0. The quantitative estimate of drug-likeness (QED) is 0.642. The van der Waals surface area contributed by atoms with Crippen molar-refractivity contribution in [3.05, 3.63) is 34.3 Å². The van der Waals surface area contributed by atoms with Crippen molar-refractivity contribution < 1.29 is 4.79 Å². The van der Waals surface area contributed by atoms with E-state index in [4.69, 9.17) is 22.6 Å². The summed E-state index contributed by atoms with van der Waals surface area (Å²) < 4.78 is 0. The van der Waals surface area contributed by atoms with Gasteiger partial charge in [0.2, 0.25) is 0 Å². The molecule has 0 aromatic heterocycles. The zero-order valence-electron chi connectivity index (χ0n) is 7.04. The number of primary amides is 1. The minimum absolute atomic E-state index is 0.322. The molecule has 0 radical (unpaired) electrons. The largest absolute Gasteiger partial charge is 0.359 e. The molecular formula is C10H5ClN2O. The number of hydrogen-bond donors (Lipinski definition) is 1. The van der Waals surface area contributed by atoms with Crippen LogP contribution in [0.4, 0.5) is 0 Å². The SMILES string of the molecule is N#Cc1cc(C#CC(N)=O)ccc1Cl.